The van der Waals surface area contributed by atoms with Crippen molar-refractivity contribution in [1.82, 2.24) is 14.1 Å². The lowest BCUT2D eigenvalue weighted by atomic mass is 9.92. The zero-order chi connectivity index (χ0) is 17.1. The Balaban J connectivity index is 3.39. The first-order valence-corrected chi connectivity index (χ1v) is 9.59. The van der Waals surface area contributed by atoms with E-state index in [0.717, 1.165) is 12.8 Å². The number of hydrogen-bond donors (Lipinski definition) is 0. The highest BCUT2D eigenvalue weighted by Gasteiger charge is 2.33. The molecule has 0 fully saturated rings. The largest absolute Gasteiger partial charge is 0.269 e. The van der Waals surface area contributed by atoms with Crippen LogP contribution in [0.15, 0.2) is 11.1 Å². The molecule has 1 rings (SSSR count). The highest BCUT2D eigenvalue weighted by Crippen LogP contribution is 2.30. The van der Waals surface area contributed by atoms with Crippen molar-refractivity contribution in [2.24, 2.45) is 0 Å². The highest BCUT2D eigenvalue weighted by atomic mass is 32.2. The Morgan fingerprint density at radius 1 is 1.27 bits per heavy atom. The van der Waals surface area contributed by atoms with E-state index in [-0.39, 0.29) is 11.5 Å². The lowest BCUT2D eigenvalue weighted by Crippen LogP contribution is -2.33. The molecule has 0 saturated carbocycles. The van der Waals surface area contributed by atoms with E-state index in [9.17, 15) is 8.42 Å². The molecule has 0 N–H and O–H groups in total. The Labute approximate surface area is 135 Å². The summed E-state index contributed by atoms with van der Waals surface area (Å²) in [6.45, 7) is 15.0. The SMILES string of the molecule is CCCCN(CC)S(=O)(=O)c1cn(C(C)C)nc1C(C)(C)C. The molecule has 0 bridgehead atoms. The van der Waals surface area contributed by atoms with Gasteiger partial charge in [-0.15, -0.1) is 0 Å². The summed E-state index contributed by atoms with van der Waals surface area (Å²) in [5, 5.41) is 4.56. The van der Waals surface area contributed by atoms with Crippen molar-refractivity contribution in [3.63, 3.8) is 0 Å². The van der Waals surface area contributed by atoms with Gasteiger partial charge in [0.2, 0.25) is 10.0 Å². The smallest absolute Gasteiger partial charge is 0.246 e. The Morgan fingerprint density at radius 2 is 1.86 bits per heavy atom. The van der Waals surface area contributed by atoms with Gasteiger partial charge in [-0.2, -0.15) is 9.40 Å². The normalized spacial score (nSPS) is 13.3. The average Bonchev–Trinajstić information content (AvgIpc) is 2.85. The minimum absolute atomic E-state index is 0.135. The maximum Gasteiger partial charge on any atom is 0.246 e. The van der Waals surface area contributed by atoms with Crippen LogP contribution >= 0.6 is 0 Å². The van der Waals surface area contributed by atoms with E-state index in [1.807, 2.05) is 41.5 Å². The Morgan fingerprint density at radius 3 is 2.27 bits per heavy atom. The molecule has 22 heavy (non-hydrogen) atoms. The molecule has 0 atom stereocenters. The second-order valence-corrected chi connectivity index (χ2v) is 8.92. The standard InChI is InChI=1S/C16H31N3O2S/c1-8-10-11-18(9-2)22(20,21)14-12-19(13(3)4)17-15(14)16(5,6)7/h12-13H,8-11H2,1-7H3. The van der Waals surface area contributed by atoms with Crippen molar-refractivity contribution >= 4 is 10.0 Å². The van der Waals surface area contributed by atoms with E-state index in [4.69, 9.17) is 0 Å². The van der Waals surface area contributed by atoms with Gasteiger partial charge in [0, 0.05) is 30.7 Å². The van der Waals surface area contributed by atoms with Gasteiger partial charge in [-0.1, -0.05) is 41.0 Å². The van der Waals surface area contributed by atoms with Crippen LogP contribution in [0.2, 0.25) is 0 Å². The second-order valence-electron chi connectivity index (χ2n) is 7.02. The predicted octanol–water partition coefficient (Wildman–Crippen LogP) is 3.57. The molecule has 0 aliphatic carbocycles. The van der Waals surface area contributed by atoms with Crippen LogP contribution in [0.1, 0.15) is 73.0 Å². The Hall–Kier alpha value is -0.880. The summed E-state index contributed by atoms with van der Waals surface area (Å²) in [5.41, 5.74) is 0.336. The number of rotatable bonds is 7. The van der Waals surface area contributed by atoms with Gasteiger partial charge >= 0.3 is 0 Å². The fourth-order valence-corrected chi connectivity index (χ4v) is 4.09. The van der Waals surface area contributed by atoms with E-state index in [1.54, 1.807) is 15.2 Å². The minimum atomic E-state index is -3.50. The van der Waals surface area contributed by atoms with E-state index in [2.05, 4.69) is 12.0 Å². The van der Waals surface area contributed by atoms with Gasteiger partial charge in [0.05, 0.1) is 5.69 Å². The van der Waals surface area contributed by atoms with Gasteiger partial charge in [0.25, 0.3) is 0 Å². The third-order valence-corrected chi connectivity index (χ3v) is 5.64. The topological polar surface area (TPSA) is 55.2 Å². The quantitative estimate of drug-likeness (QED) is 0.768. The van der Waals surface area contributed by atoms with E-state index < -0.39 is 10.0 Å². The molecular formula is C16H31N3O2S. The molecule has 0 spiro atoms. The molecule has 6 heteroatoms. The zero-order valence-electron chi connectivity index (χ0n) is 15.0. The molecule has 0 radical (unpaired) electrons. The van der Waals surface area contributed by atoms with Crippen LogP contribution in [0.4, 0.5) is 0 Å². The first-order chi connectivity index (χ1) is 10.1. The fourth-order valence-electron chi connectivity index (χ4n) is 2.27. The summed E-state index contributed by atoms with van der Waals surface area (Å²) in [7, 11) is -3.50. The molecule has 5 nitrogen and oxygen atoms in total. The molecule has 0 saturated heterocycles. The summed E-state index contributed by atoms with van der Waals surface area (Å²) >= 11 is 0. The van der Waals surface area contributed by atoms with Crippen molar-refractivity contribution < 1.29 is 8.42 Å². The van der Waals surface area contributed by atoms with E-state index in [1.165, 1.54) is 0 Å². The molecule has 1 aromatic rings. The third kappa shape index (κ3) is 4.10. The first-order valence-electron chi connectivity index (χ1n) is 8.15. The van der Waals surface area contributed by atoms with Crippen molar-refractivity contribution in [2.45, 2.75) is 77.7 Å². The summed E-state index contributed by atoms with van der Waals surface area (Å²) < 4.78 is 29.4. The number of aromatic nitrogens is 2. The Kier molecular flexibility index (Phi) is 6.21. The van der Waals surface area contributed by atoms with Gasteiger partial charge in [0.1, 0.15) is 4.90 Å². The number of sulfonamides is 1. The molecule has 0 aliphatic rings. The maximum absolute atomic E-state index is 13.0. The lowest BCUT2D eigenvalue weighted by Gasteiger charge is -2.23. The predicted molar refractivity (Wildman–Crippen MR) is 90.7 cm³/mol. The summed E-state index contributed by atoms with van der Waals surface area (Å²) in [5.74, 6) is 0. The summed E-state index contributed by atoms with van der Waals surface area (Å²) in [6.07, 6.45) is 3.54. The Bertz CT molecular complexity index is 583. The van der Waals surface area contributed by atoms with Gasteiger partial charge in [-0.3, -0.25) is 4.68 Å². The summed E-state index contributed by atoms with van der Waals surface area (Å²) in [4.78, 5) is 0.353. The maximum atomic E-state index is 13.0. The van der Waals surface area contributed by atoms with Crippen LogP contribution in [0.25, 0.3) is 0 Å². The first kappa shape index (κ1) is 19.2. The van der Waals surface area contributed by atoms with Crippen molar-refractivity contribution in [2.75, 3.05) is 13.1 Å². The fraction of sp³-hybridized carbons (Fsp3) is 0.812. The monoisotopic (exact) mass is 329 g/mol. The molecule has 0 aromatic carbocycles. The molecule has 0 unspecified atom stereocenters. The van der Waals surface area contributed by atoms with Crippen LogP contribution in [-0.4, -0.2) is 35.6 Å². The second kappa shape index (κ2) is 7.13. The van der Waals surface area contributed by atoms with Gasteiger partial charge in [0.15, 0.2) is 0 Å². The molecule has 0 amide bonds. The molecule has 0 aliphatic heterocycles. The zero-order valence-corrected chi connectivity index (χ0v) is 15.9. The van der Waals surface area contributed by atoms with Crippen molar-refractivity contribution in [3.8, 4) is 0 Å². The van der Waals surface area contributed by atoms with Gasteiger partial charge in [-0.05, 0) is 20.3 Å². The van der Waals surface area contributed by atoms with E-state index >= 15 is 0 Å². The number of hydrogen-bond acceptors (Lipinski definition) is 3. The van der Waals surface area contributed by atoms with Crippen LogP contribution in [-0.2, 0) is 15.4 Å². The molecule has 128 valence electrons. The molecule has 1 heterocycles. The lowest BCUT2D eigenvalue weighted by molar-refractivity contribution is 0.416. The number of nitrogens with zero attached hydrogens (tertiary/aromatic N) is 3. The van der Waals surface area contributed by atoms with Gasteiger partial charge < -0.3 is 0 Å². The van der Waals surface area contributed by atoms with Crippen molar-refractivity contribution in [1.29, 1.82) is 0 Å². The van der Waals surface area contributed by atoms with Crippen LogP contribution < -0.4 is 0 Å². The molecular weight excluding hydrogens is 298 g/mol. The third-order valence-electron chi connectivity index (χ3n) is 3.67. The number of unbranched alkanes of at least 4 members (excludes halogenated alkanes) is 1. The van der Waals surface area contributed by atoms with Gasteiger partial charge in [-0.25, -0.2) is 8.42 Å². The van der Waals surface area contributed by atoms with Crippen LogP contribution in [0, 0.1) is 0 Å². The van der Waals surface area contributed by atoms with Crippen molar-refractivity contribution in [3.05, 3.63) is 11.9 Å². The van der Waals surface area contributed by atoms with Crippen LogP contribution in [0.3, 0.4) is 0 Å². The minimum Gasteiger partial charge on any atom is -0.269 e. The molecule has 1 aromatic heterocycles. The average molecular weight is 330 g/mol. The summed E-state index contributed by atoms with van der Waals surface area (Å²) in [6, 6.07) is 0.135. The highest BCUT2D eigenvalue weighted by molar-refractivity contribution is 7.89. The van der Waals surface area contributed by atoms with E-state index in [0.29, 0.717) is 23.7 Å². The van der Waals surface area contributed by atoms with Crippen LogP contribution in [0.5, 0.6) is 0 Å².